The van der Waals surface area contributed by atoms with E-state index in [-0.39, 0.29) is 48.1 Å². The summed E-state index contributed by atoms with van der Waals surface area (Å²) in [4.78, 5) is 32.0. The molecule has 5 unspecified atom stereocenters. The van der Waals surface area contributed by atoms with Gasteiger partial charge in [0.2, 0.25) is 5.91 Å². The maximum atomic E-state index is 12.9. The summed E-state index contributed by atoms with van der Waals surface area (Å²) in [6, 6.07) is 3.65. The number of rotatable bonds is 6. The molecule has 2 amide bonds. The van der Waals surface area contributed by atoms with E-state index in [1.165, 1.54) is 22.7 Å². The van der Waals surface area contributed by atoms with E-state index in [9.17, 15) is 19.8 Å². The van der Waals surface area contributed by atoms with Crippen molar-refractivity contribution in [2.75, 3.05) is 11.9 Å². The monoisotopic (exact) mass is 491 g/mol. The Balaban J connectivity index is 1.72. The Morgan fingerprint density at radius 1 is 1.33 bits per heavy atom. The number of hydrogen-bond donors (Lipinski definition) is 4. The number of amides is 2. The first kappa shape index (κ1) is 24.3. The lowest BCUT2D eigenvalue weighted by Gasteiger charge is -2.58. The molecule has 5 atom stereocenters. The van der Waals surface area contributed by atoms with Gasteiger partial charge < -0.3 is 15.5 Å². The fraction of sp³-hybridized carbons (Fsp3) is 0.625. The standard InChI is InChI=1S/C24H33N3O4S2/c1-13(2)25-19(30)10-14-20-16(33-22(26-20)27-21(31)15-6-5-9-32-15)11-17-23(14,3)8-7-18(29)24(17,4)12-28/h5-6,9,13-14,17-18,28-29H,7-8,10-12H2,1-4H3,(H,25,30)(H,26,27,31). The molecule has 2 aromatic rings. The first-order chi connectivity index (χ1) is 15.6. The van der Waals surface area contributed by atoms with Crippen LogP contribution in [0.3, 0.4) is 0 Å². The van der Waals surface area contributed by atoms with E-state index in [2.05, 4.69) is 17.6 Å². The van der Waals surface area contributed by atoms with Gasteiger partial charge in [-0.15, -0.1) is 22.7 Å². The number of hydrogen-bond acceptors (Lipinski definition) is 7. The highest BCUT2D eigenvalue weighted by Gasteiger charge is 2.59. The Morgan fingerprint density at radius 2 is 2.09 bits per heavy atom. The molecule has 4 rings (SSSR count). The molecule has 180 valence electrons. The maximum Gasteiger partial charge on any atom is 0.267 e. The molecule has 2 aliphatic rings. The minimum Gasteiger partial charge on any atom is -0.396 e. The number of carbonyl (C=O) groups is 2. The number of aliphatic hydroxyl groups is 2. The van der Waals surface area contributed by atoms with E-state index in [0.29, 0.717) is 22.9 Å². The van der Waals surface area contributed by atoms with Crippen LogP contribution in [0.15, 0.2) is 17.5 Å². The van der Waals surface area contributed by atoms with E-state index in [0.717, 1.165) is 17.0 Å². The largest absolute Gasteiger partial charge is 0.396 e. The van der Waals surface area contributed by atoms with Gasteiger partial charge in [0.15, 0.2) is 5.13 Å². The van der Waals surface area contributed by atoms with Gasteiger partial charge in [-0.25, -0.2) is 4.98 Å². The molecular weight excluding hydrogens is 458 g/mol. The lowest BCUT2D eigenvalue weighted by molar-refractivity contribution is -0.144. The van der Waals surface area contributed by atoms with Gasteiger partial charge >= 0.3 is 0 Å². The minimum atomic E-state index is -0.665. The van der Waals surface area contributed by atoms with Crippen LogP contribution in [0.2, 0.25) is 0 Å². The van der Waals surface area contributed by atoms with Gasteiger partial charge in [-0.1, -0.05) is 19.9 Å². The van der Waals surface area contributed by atoms with Crippen molar-refractivity contribution in [3.8, 4) is 0 Å². The van der Waals surface area contributed by atoms with Crippen LogP contribution in [0.5, 0.6) is 0 Å². The van der Waals surface area contributed by atoms with Gasteiger partial charge in [-0.05, 0) is 55.9 Å². The second-order valence-corrected chi connectivity index (χ2v) is 12.3. The molecule has 0 aromatic carbocycles. The van der Waals surface area contributed by atoms with Gasteiger partial charge in [0.25, 0.3) is 5.91 Å². The Hall–Kier alpha value is -1.81. The molecule has 0 saturated heterocycles. The summed E-state index contributed by atoms with van der Waals surface area (Å²) in [6.45, 7) is 7.90. The van der Waals surface area contributed by atoms with Crippen molar-refractivity contribution in [2.45, 2.75) is 71.4 Å². The van der Waals surface area contributed by atoms with Crippen molar-refractivity contribution >= 4 is 39.6 Å². The average Bonchev–Trinajstić information content (AvgIpc) is 3.42. The number of thiophene rings is 1. The van der Waals surface area contributed by atoms with E-state index >= 15 is 0 Å². The summed E-state index contributed by atoms with van der Waals surface area (Å²) in [7, 11) is 0. The molecule has 1 fully saturated rings. The maximum absolute atomic E-state index is 12.9. The second-order valence-electron chi connectivity index (χ2n) is 10.2. The number of thiazole rings is 1. The summed E-state index contributed by atoms with van der Waals surface area (Å²) in [5.74, 6) is -0.391. The van der Waals surface area contributed by atoms with Crippen LogP contribution < -0.4 is 10.6 Å². The highest BCUT2D eigenvalue weighted by molar-refractivity contribution is 7.16. The Bertz CT molecular complexity index is 1020. The Morgan fingerprint density at radius 3 is 2.73 bits per heavy atom. The average molecular weight is 492 g/mol. The number of fused-ring (bicyclic) bond motifs is 2. The first-order valence-electron chi connectivity index (χ1n) is 11.5. The van der Waals surface area contributed by atoms with E-state index < -0.39 is 11.5 Å². The molecule has 9 heteroatoms. The second kappa shape index (κ2) is 9.09. The smallest absolute Gasteiger partial charge is 0.267 e. The molecule has 2 heterocycles. The van der Waals surface area contributed by atoms with Crippen molar-refractivity contribution in [2.24, 2.45) is 16.7 Å². The van der Waals surface area contributed by atoms with E-state index in [1.807, 2.05) is 32.2 Å². The van der Waals surface area contributed by atoms with E-state index in [4.69, 9.17) is 4.98 Å². The highest BCUT2D eigenvalue weighted by Crippen LogP contribution is 2.62. The third kappa shape index (κ3) is 4.36. The van der Waals surface area contributed by atoms with Crippen LogP contribution >= 0.6 is 22.7 Å². The molecule has 7 nitrogen and oxygen atoms in total. The van der Waals surface area contributed by atoms with E-state index in [1.54, 1.807) is 6.07 Å². The van der Waals surface area contributed by atoms with Gasteiger partial charge in [-0.2, -0.15) is 0 Å². The number of nitrogens with one attached hydrogen (secondary N) is 2. The summed E-state index contributed by atoms with van der Waals surface area (Å²) >= 11 is 2.81. The molecular formula is C24H33N3O4S2. The molecule has 0 radical (unpaired) electrons. The normalized spacial score (nSPS) is 31.1. The summed E-state index contributed by atoms with van der Waals surface area (Å²) in [6.07, 6.45) is 1.68. The third-order valence-electron chi connectivity index (χ3n) is 7.70. The topological polar surface area (TPSA) is 112 Å². The lowest BCUT2D eigenvalue weighted by Crippen LogP contribution is -2.57. The zero-order valence-corrected chi connectivity index (χ0v) is 21.2. The number of aliphatic hydroxyl groups excluding tert-OH is 2. The van der Waals surface area contributed by atoms with Gasteiger partial charge in [-0.3, -0.25) is 14.9 Å². The molecule has 2 aliphatic carbocycles. The first-order valence-corrected chi connectivity index (χ1v) is 13.2. The molecule has 4 N–H and O–H groups in total. The number of aromatic nitrogens is 1. The molecule has 0 aliphatic heterocycles. The quantitative estimate of drug-likeness (QED) is 0.491. The molecule has 0 spiro atoms. The van der Waals surface area contributed by atoms with Crippen molar-refractivity contribution in [1.82, 2.24) is 10.3 Å². The zero-order chi connectivity index (χ0) is 24.0. The lowest BCUT2D eigenvalue weighted by atomic mass is 9.47. The number of anilines is 1. The van der Waals surface area contributed by atoms with Crippen LogP contribution in [-0.4, -0.2) is 45.8 Å². The Kier molecular flexibility index (Phi) is 6.70. The van der Waals surface area contributed by atoms with Crippen LogP contribution in [0.4, 0.5) is 5.13 Å². The van der Waals surface area contributed by atoms with Gasteiger partial charge in [0.05, 0.1) is 23.3 Å². The molecule has 33 heavy (non-hydrogen) atoms. The van der Waals surface area contributed by atoms with Crippen molar-refractivity contribution in [3.63, 3.8) is 0 Å². The van der Waals surface area contributed by atoms with Gasteiger partial charge in [0.1, 0.15) is 0 Å². The summed E-state index contributed by atoms with van der Waals surface area (Å²) < 4.78 is 0. The predicted molar refractivity (Wildman–Crippen MR) is 131 cm³/mol. The number of carbonyl (C=O) groups excluding carboxylic acids is 2. The minimum absolute atomic E-state index is 0.00982. The molecule has 0 bridgehead atoms. The van der Waals surface area contributed by atoms with Crippen LogP contribution in [0, 0.1) is 16.7 Å². The SMILES string of the molecule is CC(C)NC(=O)CC1c2nc(NC(=O)c3cccs3)sc2CC2C(C)(CO)C(O)CCC12C. The van der Waals surface area contributed by atoms with Gasteiger partial charge in [0, 0.05) is 28.7 Å². The predicted octanol–water partition coefficient (Wildman–Crippen LogP) is 3.79. The summed E-state index contributed by atoms with van der Waals surface area (Å²) in [5, 5.41) is 29.5. The van der Waals surface area contributed by atoms with Crippen molar-refractivity contribution in [1.29, 1.82) is 0 Å². The Labute approximate surface area is 202 Å². The van der Waals surface area contributed by atoms with Crippen LogP contribution in [0.25, 0.3) is 0 Å². The fourth-order valence-electron chi connectivity index (χ4n) is 5.83. The fourth-order valence-corrected chi connectivity index (χ4v) is 7.51. The molecule has 1 saturated carbocycles. The highest BCUT2D eigenvalue weighted by atomic mass is 32.1. The van der Waals surface area contributed by atoms with Crippen molar-refractivity contribution < 1.29 is 19.8 Å². The molecule has 2 aromatic heterocycles. The van der Waals surface area contributed by atoms with Crippen LogP contribution in [-0.2, 0) is 11.2 Å². The van der Waals surface area contributed by atoms with Crippen LogP contribution in [0.1, 0.15) is 73.1 Å². The zero-order valence-electron chi connectivity index (χ0n) is 19.6. The number of nitrogens with zero attached hydrogens (tertiary/aromatic N) is 1. The van der Waals surface area contributed by atoms with Crippen molar-refractivity contribution in [3.05, 3.63) is 33.0 Å². The summed E-state index contributed by atoms with van der Waals surface area (Å²) in [5.41, 5.74) is -0.0982. The third-order valence-corrected chi connectivity index (χ3v) is 9.58.